The van der Waals surface area contributed by atoms with Crippen LogP contribution in [-0.2, 0) is 6.54 Å². The third-order valence-corrected chi connectivity index (χ3v) is 4.71. The first-order valence-electron chi connectivity index (χ1n) is 7.64. The fourth-order valence-electron chi connectivity index (χ4n) is 2.84. The van der Waals surface area contributed by atoms with Crippen LogP contribution in [0.1, 0.15) is 33.3 Å². The summed E-state index contributed by atoms with van der Waals surface area (Å²) in [7, 11) is 1.71. The maximum Gasteiger partial charge on any atom is 0.123 e. The molecule has 21 heavy (non-hydrogen) atoms. The third kappa shape index (κ3) is 3.91. The molecule has 0 amide bonds. The van der Waals surface area contributed by atoms with Crippen molar-refractivity contribution in [2.24, 2.45) is 5.92 Å². The zero-order valence-electron chi connectivity index (χ0n) is 13.7. The number of nitrogens with one attached hydrogen (secondary N) is 1. The Morgan fingerprint density at radius 3 is 2.76 bits per heavy atom. The van der Waals surface area contributed by atoms with Gasteiger partial charge in [0.25, 0.3) is 0 Å². The first-order chi connectivity index (χ1) is 9.83. The molecule has 1 unspecified atom stereocenters. The van der Waals surface area contributed by atoms with Crippen molar-refractivity contribution in [3.63, 3.8) is 0 Å². The Bertz CT molecular complexity index is 488. The number of methoxy groups -OCH3 is 1. The number of piperazine rings is 1. The van der Waals surface area contributed by atoms with Crippen molar-refractivity contribution in [1.29, 1.82) is 0 Å². The van der Waals surface area contributed by atoms with Gasteiger partial charge in [-0.15, -0.1) is 0 Å². The van der Waals surface area contributed by atoms with Crippen LogP contribution in [0.15, 0.2) is 18.2 Å². The van der Waals surface area contributed by atoms with Gasteiger partial charge in [0.15, 0.2) is 0 Å². The third-order valence-electron chi connectivity index (χ3n) is 4.48. The van der Waals surface area contributed by atoms with Crippen LogP contribution in [0.25, 0.3) is 0 Å². The summed E-state index contributed by atoms with van der Waals surface area (Å²) in [6.45, 7) is 12.0. The maximum atomic E-state index is 6.16. The van der Waals surface area contributed by atoms with Crippen molar-refractivity contribution in [2.45, 2.75) is 45.8 Å². The summed E-state index contributed by atoms with van der Waals surface area (Å²) in [6, 6.07) is 6.38. The quantitative estimate of drug-likeness (QED) is 0.920. The molecule has 1 aromatic carbocycles. The van der Waals surface area contributed by atoms with E-state index in [1.54, 1.807) is 7.11 Å². The minimum absolute atomic E-state index is 0.124. The molecule has 1 N–H and O–H groups in total. The summed E-state index contributed by atoms with van der Waals surface area (Å²) >= 11 is 6.16. The van der Waals surface area contributed by atoms with Gasteiger partial charge in [-0.1, -0.05) is 25.4 Å². The molecule has 0 radical (unpaired) electrons. The first-order valence-corrected chi connectivity index (χ1v) is 8.02. The molecule has 0 bridgehead atoms. The summed E-state index contributed by atoms with van der Waals surface area (Å²) in [5.74, 6) is 1.54. The van der Waals surface area contributed by atoms with Gasteiger partial charge in [0, 0.05) is 41.8 Å². The molecule has 118 valence electrons. The summed E-state index contributed by atoms with van der Waals surface area (Å²) < 4.78 is 5.48. The van der Waals surface area contributed by atoms with E-state index in [2.05, 4.69) is 37.9 Å². The SMILES string of the molecule is COc1ccc(Cl)cc1CN1CC(C(C)C)NCC1(C)C. The Hall–Kier alpha value is -0.770. The average Bonchev–Trinajstić information content (AvgIpc) is 2.41. The van der Waals surface area contributed by atoms with Crippen LogP contribution in [-0.4, -0.2) is 36.7 Å². The van der Waals surface area contributed by atoms with Crippen molar-refractivity contribution in [1.82, 2.24) is 10.2 Å². The second-order valence-corrected chi connectivity index (χ2v) is 7.32. The molecule has 1 aliphatic heterocycles. The molecule has 2 rings (SSSR count). The topological polar surface area (TPSA) is 24.5 Å². The molecule has 1 fully saturated rings. The average molecular weight is 311 g/mol. The Morgan fingerprint density at radius 1 is 1.43 bits per heavy atom. The molecule has 1 saturated heterocycles. The molecule has 1 aromatic rings. The van der Waals surface area contributed by atoms with E-state index in [0.29, 0.717) is 12.0 Å². The number of hydrogen-bond donors (Lipinski definition) is 1. The van der Waals surface area contributed by atoms with Gasteiger partial charge in [-0.25, -0.2) is 0 Å². The maximum absolute atomic E-state index is 6.16. The van der Waals surface area contributed by atoms with E-state index < -0.39 is 0 Å². The fourth-order valence-corrected chi connectivity index (χ4v) is 3.04. The lowest BCUT2D eigenvalue weighted by molar-refractivity contribution is 0.0468. The van der Waals surface area contributed by atoms with Gasteiger partial charge in [-0.2, -0.15) is 0 Å². The van der Waals surface area contributed by atoms with Gasteiger partial charge in [0.2, 0.25) is 0 Å². The van der Waals surface area contributed by atoms with Gasteiger partial charge in [-0.3, -0.25) is 4.90 Å². The lowest BCUT2D eigenvalue weighted by Crippen LogP contribution is -2.62. The van der Waals surface area contributed by atoms with E-state index >= 15 is 0 Å². The van der Waals surface area contributed by atoms with Crippen LogP contribution in [0.3, 0.4) is 0 Å². The summed E-state index contributed by atoms with van der Waals surface area (Å²) in [6.07, 6.45) is 0. The molecule has 0 spiro atoms. The largest absolute Gasteiger partial charge is 0.496 e. The number of hydrogen-bond acceptors (Lipinski definition) is 3. The summed E-state index contributed by atoms with van der Waals surface area (Å²) in [5.41, 5.74) is 1.28. The number of halogens is 1. The normalized spacial score (nSPS) is 22.5. The van der Waals surface area contributed by atoms with Crippen molar-refractivity contribution >= 4 is 11.6 Å². The smallest absolute Gasteiger partial charge is 0.123 e. The van der Waals surface area contributed by atoms with Crippen LogP contribution < -0.4 is 10.1 Å². The highest BCUT2D eigenvalue weighted by molar-refractivity contribution is 6.30. The van der Waals surface area contributed by atoms with Gasteiger partial charge in [-0.05, 0) is 38.0 Å². The lowest BCUT2D eigenvalue weighted by Gasteiger charge is -2.47. The number of rotatable bonds is 4. The molecule has 1 atom stereocenters. The van der Waals surface area contributed by atoms with Gasteiger partial charge >= 0.3 is 0 Å². The second-order valence-electron chi connectivity index (χ2n) is 6.88. The predicted molar refractivity (Wildman–Crippen MR) is 89.1 cm³/mol. The number of ether oxygens (including phenoxy) is 1. The molecule has 3 nitrogen and oxygen atoms in total. The van der Waals surface area contributed by atoms with Crippen molar-refractivity contribution in [3.8, 4) is 5.75 Å². The van der Waals surface area contributed by atoms with Gasteiger partial charge in [0.1, 0.15) is 5.75 Å². The van der Waals surface area contributed by atoms with E-state index in [-0.39, 0.29) is 5.54 Å². The molecule has 0 saturated carbocycles. The van der Waals surface area contributed by atoms with Crippen molar-refractivity contribution in [2.75, 3.05) is 20.2 Å². The minimum Gasteiger partial charge on any atom is -0.496 e. The highest BCUT2D eigenvalue weighted by Gasteiger charge is 2.35. The monoisotopic (exact) mass is 310 g/mol. The highest BCUT2D eigenvalue weighted by Crippen LogP contribution is 2.29. The van der Waals surface area contributed by atoms with E-state index in [0.717, 1.165) is 36.0 Å². The first kappa shape index (κ1) is 16.6. The Kier molecular flexibility index (Phi) is 5.18. The zero-order chi connectivity index (χ0) is 15.6. The molecular formula is C17H27ClN2O. The fraction of sp³-hybridized carbons (Fsp3) is 0.647. The van der Waals surface area contributed by atoms with E-state index in [4.69, 9.17) is 16.3 Å². The number of nitrogens with zero attached hydrogens (tertiary/aromatic N) is 1. The summed E-state index contributed by atoms with van der Waals surface area (Å²) in [4.78, 5) is 2.53. The summed E-state index contributed by atoms with van der Waals surface area (Å²) in [5, 5.41) is 4.43. The molecule has 1 heterocycles. The lowest BCUT2D eigenvalue weighted by atomic mass is 9.92. The predicted octanol–water partition coefficient (Wildman–Crippen LogP) is 3.56. The Balaban J connectivity index is 2.21. The van der Waals surface area contributed by atoms with Crippen LogP contribution in [0.4, 0.5) is 0 Å². The highest BCUT2D eigenvalue weighted by atomic mass is 35.5. The molecule has 0 aliphatic carbocycles. The van der Waals surface area contributed by atoms with Crippen molar-refractivity contribution < 1.29 is 4.74 Å². The zero-order valence-corrected chi connectivity index (χ0v) is 14.5. The minimum atomic E-state index is 0.124. The van der Waals surface area contributed by atoms with E-state index in [1.165, 1.54) is 0 Å². The standard InChI is InChI=1S/C17H27ClN2O/c1-12(2)15-10-20(17(3,4)11-19-15)9-13-8-14(18)6-7-16(13)21-5/h6-8,12,15,19H,9-11H2,1-5H3. The van der Waals surface area contributed by atoms with Crippen LogP contribution in [0.5, 0.6) is 5.75 Å². The van der Waals surface area contributed by atoms with Crippen LogP contribution in [0, 0.1) is 5.92 Å². The van der Waals surface area contributed by atoms with Gasteiger partial charge < -0.3 is 10.1 Å². The van der Waals surface area contributed by atoms with E-state index in [9.17, 15) is 0 Å². The number of benzene rings is 1. The van der Waals surface area contributed by atoms with Crippen LogP contribution in [0.2, 0.25) is 5.02 Å². The molecule has 4 heteroatoms. The van der Waals surface area contributed by atoms with Gasteiger partial charge in [0.05, 0.1) is 7.11 Å². The van der Waals surface area contributed by atoms with Crippen molar-refractivity contribution in [3.05, 3.63) is 28.8 Å². The Morgan fingerprint density at radius 2 is 2.14 bits per heavy atom. The van der Waals surface area contributed by atoms with E-state index in [1.807, 2.05) is 18.2 Å². The Labute approximate surface area is 133 Å². The molecule has 1 aliphatic rings. The van der Waals surface area contributed by atoms with Crippen LogP contribution >= 0.6 is 11.6 Å². The molecule has 0 aromatic heterocycles. The molecular weight excluding hydrogens is 284 g/mol. The second kappa shape index (κ2) is 6.55.